The van der Waals surface area contributed by atoms with Crippen LogP contribution in [0.4, 0.5) is 0 Å². The van der Waals surface area contributed by atoms with Crippen molar-refractivity contribution >= 4 is 32.9 Å². The van der Waals surface area contributed by atoms with Gasteiger partial charge < -0.3 is 9.88 Å². The summed E-state index contributed by atoms with van der Waals surface area (Å²) in [5.74, 6) is 1.04. The lowest BCUT2D eigenvalue weighted by Crippen LogP contribution is -2.33. The molecule has 0 saturated heterocycles. The highest BCUT2D eigenvalue weighted by atomic mass is 79.9. The van der Waals surface area contributed by atoms with Crippen molar-refractivity contribution in [2.75, 3.05) is 0 Å². The molecule has 5 heteroatoms. The van der Waals surface area contributed by atoms with Gasteiger partial charge in [0.05, 0.1) is 17.1 Å². The maximum absolute atomic E-state index is 12.6. The summed E-state index contributed by atoms with van der Waals surface area (Å²) >= 11 is 3.55. The molecular weight excluding hydrogens is 402 g/mol. The van der Waals surface area contributed by atoms with Crippen LogP contribution >= 0.6 is 15.9 Å². The molecule has 0 spiro atoms. The molecule has 0 fully saturated rings. The van der Waals surface area contributed by atoms with Gasteiger partial charge in [-0.05, 0) is 49.6 Å². The van der Waals surface area contributed by atoms with E-state index in [0.29, 0.717) is 6.54 Å². The Bertz CT molecular complexity index is 930. The standard InChI is InChI=1S/C22H26BrN3O/c1-4-17(5-2)22(27)24-15(3)21-25-19-11-6-7-12-20(19)26(21)14-16-9-8-10-18(23)13-16/h6-13,15,17H,4-5,14H2,1-3H3,(H,24,27). The summed E-state index contributed by atoms with van der Waals surface area (Å²) in [6.07, 6.45) is 1.70. The second kappa shape index (κ2) is 8.70. The predicted octanol–water partition coefficient (Wildman–Crippen LogP) is 5.46. The van der Waals surface area contributed by atoms with Crippen molar-refractivity contribution in [1.82, 2.24) is 14.9 Å². The Morgan fingerprint density at radius 3 is 2.59 bits per heavy atom. The number of nitrogens with one attached hydrogen (secondary N) is 1. The number of para-hydroxylation sites is 2. The smallest absolute Gasteiger partial charge is 0.223 e. The Labute approximate surface area is 169 Å². The van der Waals surface area contributed by atoms with Crippen molar-refractivity contribution in [2.24, 2.45) is 5.92 Å². The number of hydrogen-bond donors (Lipinski definition) is 1. The number of fused-ring (bicyclic) bond motifs is 1. The molecule has 3 rings (SSSR count). The molecule has 1 heterocycles. The monoisotopic (exact) mass is 427 g/mol. The van der Waals surface area contributed by atoms with Crippen LogP contribution in [0.5, 0.6) is 0 Å². The van der Waals surface area contributed by atoms with E-state index < -0.39 is 0 Å². The molecule has 142 valence electrons. The molecule has 1 aromatic heterocycles. The van der Waals surface area contributed by atoms with E-state index in [1.54, 1.807) is 0 Å². The van der Waals surface area contributed by atoms with Crippen molar-refractivity contribution in [3.05, 3.63) is 64.4 Å². The van der Waals surface area contributed by atoms with E-state index >= 15 is 0 Å². The van der Waals surface area contributed by atoms with E-state index in [0.717, 1.165) is 34.2 Å². The molecule has 1 amide bonds. The summed E-state index contributed by atoms with van der Waals surface area (Å²) in [7, 11) is 0. The number of rotatable bonds is 7. The second-order valence-electron chi connectivity index (χ2n) is 6.92. The Kier molecular flexibility index (Phi) is 6.32. The summed E-state index contributed by atoms with van der Waals surface area (Å²) in [4.78, 5) is 17.4. The number of benzene rings is 2. The number of carbonyl (C=O) groups excluding carboxylic acids is 1. The van der Waals surface area contributed by atoms with Crippen molar-refractivity contribution in [3.63, 3.8) is 0 Å². The largest absolute Gasteiger partial charge is 0.346 e. The average molecular weight is 428 g/mol. The molecule has 0 radical (unpaired) electrons. The topological polar surface area (TPSA) is 46.9 Å². The minimum Gasteiger partial charge on any atom is -0.346 e. The Morgan fingerprint density at radius 2 is 1.89 bits per heavy atom. The predicted molar refractivity (Wildman–Crippen MR) is 114 cm³/mol. The molecule has 1 N–H and O–H groups in total. The maximum Gasteiger partial charge on any atom is 0.223 e. The van der Waals surface area contributed by atoms with E-state index in [9.17, 15) is 4.79 Å². The van der Waals surface area contributed by atoms with E-state index in [4.69, 9.17) is 4.98 Å². The summed E-state index contributed by atoms with van der Waals surface area (Å²) in [6, 6.07) is 16.3. The summed E-state index contributed by atoms with van der Waals surface area (Å²) in [5.41, 5.74) is 3.22. The minimum absolute atomic E-state index is 0.0513. The summed E-state index contributed by atoms with van der Waals surface area (Å²) in [5, 5.41) is 3.17. The first-order valence-corrected chi connectivity index (χ1v) is 10.3. The summed E-state index contributed by atoms with van der Waals surface area (Å²) < 4.78 is 3.26. The lowest BCUT2D eigenvalue weighted by Gasteiger charge is -2.19. The van der Waals surface area contributed by atoms with Crippen LogP contribution in [-0.4, -0.2) is 15.5 Å². The quantitative estimate of drug-likeness (QED) is 0.543. The van der Waals surface area contributed by atoms with Gasteiger partial charge in [-0.25, -0.2) is 4.98 Å². The fourth-order valence-electron chi connectivity index (χ4n) is 3.46. The lowest BCUT2D eigenvalue weighted by atomic mass is 10.0. The van der Waals surface area contributed by atoms with Gasteiger partial charge in [0, 0.05) is 16.9 Å². The fraction of sp³-hybridized carbons (Fsp3) is 0.364. The van der Waals surface area contributed by atoms with Crippen molar-refractivity contribution in [3.8, 4) is 0 Å². The molecule has 1 unspecified atom stereocenters. The molecule has 3 aromatic rings. The van der Waals surface area contributed by atoms with Gasteiger partial charge in [-0.1, -0.05) is 54.0 Å². The van der Waals surface area contributed by atoms with Gasteiger partial charge >= 0.3 is 0 Å². The van der Waals surface area contributed by atoms with Crippen LogP contribution in [0.3, 0.4) is 0 Å². The number of aromatic nitrogens is 2. The third-order valence-corrected chi connectivity index (χ3v) is 5.51. The molecule has 0 aliphatic carbocycles. The van der Waals surface area contributed by atoms with Crippen LogP contribution in [0.25, 0.3) is 11.0 Å². The number of amides is 1. The highest BCUT2D eigenvalue weighted by molar-refractivity contribution is 9.10. The van der Waals surface area contributed by atoms with Crippen LogP contribution < -0.4 is 5.32 Å². The zero-order chi connectivity index (χ0) is 19.4. The first kappa shape index (κ1) is 19.6. The van der Waals surface area contributed by atoms with E-state index in [2.05, 4.69) is 57.9 Å². The van der Waals surface area contributed by atoms with Crippen LogP contribution in [0, 0.1) is 5.92 Å². The molecule has 0 bridgehead atoms. The van der Waals surface area contributed by atoms with Gasteiger partial charge in [0.15, 0.2) is 0 Å². The average Bonchev–Trinajstić information content (AvgIpc) is 3.01. The molecule has 0 aliphatic heterocycles. The van der Waals surface area contributed by atoms with Crippen LogP contribution in [0.1, 0.15) is 51.0 Å². The molecule has 2 aromatic carbocycles. The molecular formula is C22H26BrN3O. The molecule has 4 nitrogen and oxygen atoms in total. The number of halogens is 1. The van der Waals surface area contributed by atoms with Gasteiger partial charge in [0.2, 0.25) is 5.91 Å². The van der Waals surface area contributed by atoms with E-state index in [-0.39, 0.29) is 17.9 Å². The number of carbonyl (C=O) groups is 1. The number of hydrogen-bond acceptors (Lipinski definition) is 2. The lowest BCUT2D eigenvalue weighted by molar-refractivity contribution is -0.125. The van der Waals surface area contributed by atoms with Crippen LogP contribution in [-0.2, 0) is 11.3 Å². The van der Waals surface area contributed by atoms with E-state index in [1.165, 1.54) is 5.56 Å². The maximum atomic E-state index is 12.6. The van der Waals surface area contributed by atoms with Gasteiger partial charge in [0.1, 0.15) is 5.82 Å². The third kappa shape index (κ3) is 4.41. The van der Waals surface area contributed by atoms with Crippen molar-refractivity contribution < 1.29 is 4.79 Å². The van der Waals surface area contributed by atoms with Gasteiger partial charge in [0.25, 0.3) is 0 Å². The van der Waals surface area contributed by atoms with Gasteiger partial charge in [-0.15, -0.1) is 0 Å². The van der Waals surface area contributed by atoms with Crippen molar-refractivity contribution in [1.29, 1.82) is 0 Å². The van der Waals surface area contributed by atoms with Gasteiger partial charge in [-0.2, -0.15) is 0 Å². The third-order valence-electron chi connectivity index (χ3n) is 5.02. The second-order valence-corrected chi connectivity index (χ2v) is 7.83. The zero-order valence-corrected chi connectivity index (χ0v) is 17.7. The normalized spacial score (nSPS) is 12.5. The molecule has 0 aliphatic rings. The highest BCUT2D eigenvalue weighted by Crippen LogP contribution is 2.24. The molecule has 0 saturated carbocycles. The SMILES string of the molecule is CCC(CC)C(=O)NC(C)c1nc2ccccc2n1Cc1cccc(Br)c1. The minimum atomic E-state index is -0.155. The first-order valence-electron chi connectivity index (χ1n) is 9.53. The van der Waals surface area contributed by atoms with Crippen molar-refractivity contribution in [2.45, 2.75) is 46.2 Å². The Balaban J connectivity index is 1.95. The Hall–Kier alpha value is -2.14. The van der Waals surface area contributed by atoms with Crippen LogP contribution in [0.2, 0.25) is 0 Å². The van der Waals surface area contributed by atoms with Gasteiger partial charge in [-0.3, -0.25) is 4.79 Å². The highest BCUT2D eigenvalue weighted by Gasteiger charge is 2.21. The molecule has 27 heavy (non-hydrogen) atoms. The van der Waals surface area contributed by atoms with Crippen LogP contribution in [0.15, 0.2) is 53.0 Å². The Morgan fingerprint density at radius 1 is 1.15 bits per heavy atom. The summed E-state index contributed by atoms with van der Waals surface area (Å²) in [6.45, 7) is 6.83. The number of nitrogens with zero attached hydrogens (tertiary/aromatic N) is 2. The zero-order valence-electron chi connectivity index (χ0n) is 16.1. The fourth-order valence-corrected chi connectivity index (χ4v) is 3.91. The number of imidazole rings is 1. The molecule has 1 atom stereocenters. The van der Waals surface area contributed by atoms with E-state index in [1.807, 2.05) is 37.3 Å². The first-order chi connectivity index (χ1) is 13.0.